The third kappa shape index (κ3) is 3.75. The van der Waals surface area contributed by atoms with E-state index in [9.17, 15) is 31.1 Å². The molecule has 1 aromatic heterocycles. The molecule has 0 bridgehead atoms. The molecule has 3 rings (SSSR count). The normalized spacial score (nSPS) is 15.7. The molecule has 0 N–H and O–H groups in total. The zero-order chi connectivity index (χ0) is 21.4. The van der Waals surface area contributed by atoms with E-state index >= 15 is 0 Å². The fourth-order valence-corrected chi connectivity index (χ4v) is 2.96. The predicted molar refractivity (Wildman–Crippen MR) is 88.6 cm³/mol. The number of benzene rings is 1. The Balaban J connectivity index is 1.78. The number of alkyl halides is 5. The van der Waals surface area contributed by atoms with Gasteiger partial charge in [0.2, 0.25) is 0 Å². The minimum Gasteiger partial charge on any atom is -0.462 e. The molecule has 0 saturated heterocycles. The van der Waals surface area contributed by atoms with Gasteiger partial charge in [0.1, 0.15) is 5.75 Å². The van der Waals surface area contributed by atoms with Gasteiger partial charge in [-0.25, -0.2) is 14.2 Å². The monoisotopic (exact) mass is 419 g/mol. The molecule has 4 nitrogen and oxygen atoms in total. The third-order valence-corrected chi connectivity index (χ3v) is 4.65. The van der Waals surface area contributed by atoms with Crippen LogP contribution >= 0.6 is 0 Å². The summed E-state index contributed by atoms with van der Waals surface area (Å²) in [5, 5.41) is 0. The number of aromatic nitrogens is 1. The number of rotatable bonds is 6. The van der Waals surface area contributed by atoms with Crippen LogP contribution < -0.4 is 4.74 Å². The van der Waals surface area contributed by atoms with Gasteiger partial charge in [-0.05, 0) is 43.5 Å². The summed E-state index contributed by atoms with van der Waals surface area (Å²) in [5.74, 6) is -7.11. The average molecular weight is 419 g/mol. The smallest absolute Gasteiger partial charge is 0.454 e. The number of carbonyl (C=O) groups excluding carboxylic acids is 1. The van der Waals surface area contributed by atoms with Crippen molar-refractivity contribution in [2.45, 2.75) is 37.3 Å². The molecular weight excluding hydrogens is 404 g/mol. The number of hydrogen-bond acceptors (Lipinski definition) is 4. The highest BCUT2D eigenvalue weighted by Crippen LogP contribution is 2.63. The Labute approximate surface area is 161 Å². The SMILES string of the molecule is CCOC(=O)c1cnc(Oc2ccc(C3(C(F)(F)C(F)(F)F)CC3)cc2)c(F)c1. The fourth-order valence-electron chi connectivity index (χ4n) is 2.96. The van der Waals surface area contributed by atoms with Crippen LogP contribution in [0.1, 0.15) is 35.7 Å². The Bertz CT molecular complexity index is 907. The number of hydrogen-bond donors (Lipinski definition) is 0. The van der Waals surface area contributed by atoms with Crippen LogP contribution in [0.2, 0.25) is 0 Å². The van der Waals surface area contributed by atoms with Crippen molar-refractivity contribution in [1.82, 2.24) is 4.98 Å². The van der Waals surface area contributed by atoms with E-state index in [0.717, 1.165) is 36.5 Å². The van der Waals surface area contributed by atoms with Crippen molar-refractivity contribution >= 4 is 5.97 Å². The van der Waals surface area contributed by atoms with Crippen LogP contribution in [0.5, 0.6) is 11.6 Å². The van der Waals surface area contributed by atoms with E-state index in [1.54, 1.807) is 6.92 Å². The van der Waals surface area contributed by atoms with E-state index < -0.39 is 35.2 Å². The van der Waals surface area contributed by atoms with Gasteiger partial charge in [-0.1, -0.05) is 12.1 Å². The number of nitrogens with zero attached hydrogens (tertiary/aromatic N) is 1. The predicted octanol–water partition coefficient (Wildman–Crippen LogP) is 5.42. The van der Waals surface area contributed by atoms with Gasteiger partial charge < -0.3 is 9.47 Å². The molecule has 0 amide bonds. The minimum absolute atomic E-state index is 0.0184. The van der Waals surface area contributed by atoms with Crippen LogP contribution in [0.15, 0.2) is 36.5 Å². The summed E-state index contributed by atoms with van der Waals surface area (Å²) in [6.07, 6.45) is -5.23. The standard InChI is InChI=1S/C19H15F6NO3/c1-2-28-16(27)11-9-14(20)15(26-10-11)29-13-5-3-12(4-6-13)17(7-8-17)18(21,22)19(23,24)25/h3-6,9-10H,2,7-8H2,1H3. The average Bonchev–Trinajstić information content (AvgIpc) is 3.45. The van der Waals surface area contributed by atoms with E-state index in [1.165, 1.54) is 0 Å². The lowest BCUT2D eigenvalue weighted by Crippen LogP contribution is -2.47. The van der Waals surface area contributed by atoms with Gasteiger partial charge >= 0.3 is 18.1 Å². The van der Waals surface area contributed by atoms with E-state index in [0.29, 0.717) is 0 Å². The summed E-state index contributed by atoms with van der Waals surface area (Å²) >= 11 is 0. The third-order valence-electron chi connectivity index (χ3n) is 4.65. The molecule has 156 valence electrons. The molecule has 1 aromatic carbocycles. The summed E-state index contributed by atoms with van der Waals surface area (Å²) in [4.78, 5) is 15.2. The molecule has 0 spiro atoms. The largest absolute Gasteiger partial charge is 0.462 e. The lowest BCUT2D eigenvalue weighted by atomic mass is 9.88. The zero-order valence-corrected chi connectivity index (χ0v) is 15.0. The second-order valence-corrected chi connectivity index (χ2v) is 6.51. The molecule has 1 heterocycles. The van der Waals surface area contributed by atoms with Gasteiger partial charge in [0.05, 0.1) is 17.6 Å². The van der Waals surface area contributed by atoms with Gasteiger partial charge in [0.25, 0.3) is 5.88 Å². The second-order valence-electron chi connectivity index (χ2n) is 6.51. The van der Waals surface area contributed by atoms with Crippen LogP contribution in [0.4, 0.5) is 26.3 Å². The fraction of sp³-hybridized carbons (Fsp3) is 0.368. The van der Waals surface area contributed by atoms with Gasteiger partial charge in [0.15, 0.2) is 5.82 Å². The van der Waals surface area contributed by atoms with Crippen LogP contribution in [0.25, 0.3) is 0 Å². The number of carbonyl (C=O) groups is 1. The molecule has 0 aliphatic heterocycles. The molecule has 0 unspecified atom stereocenters. The maximum Gasteiger partial charge on any atom is 0.454 e. The summed E-state index contributed by atoms with van der Waals surface area (Å²) in [5.41, 5.74) is -2.61. The van der Waals surface area contributed by atoms with Crippen LogP contribution in [-0.2, 0) is 10.2 Å². The van der Waals surface area contributed by atoms with Crippen molar-refractivity contribution in [3.05, 3.63) is 53.5 Å². The minimum atomic E-state index is -5.66. The Kier molecular flexibility index (Phi) is 5.22. The highest BCUT2D eigenvalue weighted by molar-refractivity contribution is 5.89. The highest BCUT2D eigenvalue weighted by Gasteiger charge is 2.75. The van der Waals surface area contributed by atoms with Crippen molar-refractivity contribution in [2.75, 3.05) is 6.61 Å². The quantitative estimate of drug-likeness (QED) is 0.464. The van der Waals surface area contributed by atoms with Gasteiger partial charge in [-0.3, -0.25) is 0 Å². The maximum absolute atomic E-state index is 14.1. The Morgan fingerprint density at radius 3 is 2.24 bits per heavy atom. The lowest BCUT2D eigenvalue weighted by Gasteiger charge is -2.29. The van der Waals surface area contributed by atoms with Crippen LogP contribution in [0, 0.1) is 5.82 Å². The molecule has 1 fully saturated rings. The number of ether oxygens (including phenoxy) is 2. The van der Waals surface area contributed by atoms with Crippen LogP contribution in [-0.4, -0.2) is 29.7 Å². The van der Waals surface area contributed by atoms with E-state index in [1.807, 2.05) is 0 Å². The van der Waals surface area contributed by atoms with Crippen molar-refractivity contribution in [3.63, 3.8) is 0 Å². The maximum atomic E-state index is 14.1. The molecule has 1 saturated carbocycles. The van der Waals surface area contributed by atoms with Crippen LogP contribution in [0.3, 0.4) is 0 Å². The van der Waals surface area contributed by atoms with E-state index in [4.69, 9.17) is 9.47 Å². The summed E-state index contributed by atoms with van der Waals surface area (Å²) in [6, 6.07) is 5.35. The molecular formula is C19H15F6NO3. The molecule has 0 atom stereocenters. The second kappa shape index (κ2) is 7.23. The lowest BCUT2D eigenvalue weighted by molar-refractivity contribution is -0.296. The first-order valence-corrected chi connectivity index (χ1v) is 8.57. The molecule has 1 aliphatic rings. The molecule has 10 heteroatoms. The number of pyridine rings is 1. The van der Waals surface area contributed by atoms with Gasteiger partial charge in [-0.2, -0.15) is 22.0 Å². The number of halogens is 6. The van der Waals surface area contributed by atoms with Gasteiger partial charge in [0, 0.05) is 6.20 Å². The van der Waals surface area contributed by atoms with E-state index in [2.05, 4.69) is 4.98 Å². The first-order chi connectivity index (χ1) is 13.5. The topological polar surface area (TPSA) is 48.4 Å². The Morgan fingerprint density at radius 2 is 1.76 bits per heavy atom. The van der Waals surface area contributed by atoms with E-state index in [-0.39, 0.29) is 36.3 Å². The molecule has 29 heavy (non-hydrogen) atoms. The summed E-state index contributed by atoms with van der Waals surface area (Å²) in [7, 11) is 0. The first-order valence-electron chi connectivity index (χ1n) is 8.57. The molecule has 2 aromatic rings. The first kappa shape index (κ1) is 20.9. The number of esters is 1. The molecule has 0 radical (unpaired) electrons. The Hall–Kier alpha value is -2.78. The zero-order valence-electron chi connectivity index (χ0n) is 15.0. The van der Waals surface area contributed by atoms with Crippen molar-refractivity contribution in [2.24, 2.45) is 0 Å². The summed E-state index contributed by atoms with van der Waals surface area (Å²) in [6.45, 7) is 1.68. The summed E-state index contributed by atoms with van der Waals surface area (Å²) < 4.78 is 90.0. The highest BCUT2D eigenvalue weighted by atomic mass is 19.4. The van der Waals surface area contributed by atoms with Gasteiger partial charge in [-0.15, -0.1) is 0 Å². The van der Waals surface area contributed by atoms with Crippen molar-refractivity contribution in [3.8, 4) is 11.6 Å². The van der Waals surface area contributed by atoms with Crippen molar-refractivity contribution < 1.29 is 40.6 Å². The molecule has 1 aliphatic carbocycles. The van der Waals surface area contributed by atoms with Crippen molar-refractivity contribution in [1.29, 1.82) is 0 Å². The Morgan fingerprint density at radius 1 is 1.14 bits per heavy atom.